The zero-order valence-electron chi connectivity index (χ0n) is 9.80. The van der Waals surface area contributed by atoms with E-state index in [1.165, 1.54) is 44.9 Å². The lowest BCUT2D eigenvalue weighted by atomic mass is 9.84. The average Bonchev–Trinajstić information content (AvgIpc) is 2.22. The molecule has 0 saturated heterocycles. The minimum absolute atomic E-state index is 0.162. The molecule has 3 nitrogen and oxygen atoms in total. The van der Waals surface area contributed by atoms with E-state index in [1.807, 2.05) is 0 Å². The summed E-state index contributed by atoms with van der Waals surface area (Å²) in [4.78, 5) is 0. The van der Waals surface area contributed by atoms with Gasteiger partial charge in [-0.3, -0.25) is 0 Å². The molecule has 0 heterocycles. The van der Waals surface area contributed by atoms with Gasteiger partial charge in [0.2, 0.25) is 0 Å². The molecule has 0 aliphatic heterocycles. The van der Waals surface area contributed by atoms with Gasteiger partial charge in [-0.15, -0.1) is 0 Å². The molecule has 0 radical (unpaired) electrons. The molecule has 1 aliphatic carbocycles. The number of hydrogen-bond acceptors (Lipinski definition) is 3. The Balaban J connectivity index is 2.39. The second kappa shape index (κ2) is 7.20. The van der Waals surface area contributed by atoms with Crippen LogP contribution in [0.2, 0.25) is 0 Å². The molecule has 90 valence electrons. The lowest BCUT2D eigenvalue weighted by Crippen LogP contribution is -2.52. The summed E-state index contributed by atoms with van der Waals surface area (Å²) < 4.78 is 0. The molecule has 1 saturated carbocycles. The van der Waals surface area contributed by atoms with Gasteiger partial charge < -0.3 is 16.2 Å². The van der Waals surface area contributed by atoms with Gasteiger partial charge in [-0.05, 0) is 25.8 Å². The molecule has 1 rings (SSSR count). The van der Waals surface area contributed by atoms with E-state index in [-0.39, 0.29) is 12.1 Å². The van der Waals surface area contributed by atoms with Crippen LogP contribution in [0.5, 0.6) is 0 Å². The van der Waals surface area contributed by atoms with Crippen molar-refractivity contribution >= 4 is 0 Å². The zero-order chi connectivity index (χ0) is 11.0. The van der Waals surface area contributed by atoms with Gasteiger partial charge in [-0.1, -0.05) is 32.1 Å². The van der Waals surface area contributed by atoms with E-state index >= 15 is 0 Å². The largest absolute Gasteiger partial charge is 0.396 e. The van der Waals surface area contributed by atoms with E-state index in [1.54, 1.807) is 0 Å². The topological polar surface area (TPSA) is 58.3 Å². The third-order valence-corrected chi connectivity index (χ3v) is 3.54. The molecule has 0 aromatic heterocycles. The third kappa shape index (κ3) is 4.49. The molecular formula is C12H26N2O. The van der Waals surface area contributed by atoms with Crippen LogP contribution >= 0.6 is 0 Å². The van der Waals surface area contributed by atoms with Crippen LogP contribution in [0.1, 0.15) is 51.4 Å². The maximum absolute atomic E-state index is 8.78. The Morgan fingerprint density at radius 2 is 1.67 bits per heavy atom. The number of rotatable bonds is 5. The van der Waals surface area contributed by atoms with Crippen LogP contribution in [0.4, 0.5) is 0 Å². The highest BCUT2D eigenvalue weighted by Gasteiger charge is 2.27. The molecule has 0 aromatic rings. The fourth-order valence-corrected chi connectivity index (χ4v) is 2.47. The van der Waals surface area contributed by atoms with Crippen molar-refractivity contribution in [2.75, 3.05) is 19.7 Å². The Hall–Kier alpha value is -0.120. The standard InChI is InChI=1S/C12H26N2O/c13-11-12(14-9-6-10-15)7-4-2-1-3-5-8-12/h14-15H,1-11,13H2. The van der Waals surface area contributed by atoms with Crippen molar-refractivity contribution in [3.63, 3.8) is 0 Å². The fraction of sp³-hybridized carbons (Fsp3) is 1.00. The summed E-state index contributed by atoms with van der Waals surface area (Å²) in [5, 5.41) is 12.4. The highest BCUT2D eigenvalue weighted by atomic mass is 16.3. The van der Waals surface area contributed by atoms with Crippen molar-refractivity contribution in [3.8, 4) is 0 Å². The maximum Gasteiger partial charge on any atom is 0.0443 e. The number of aliphatic hydroxyl groups excluding tert-OH is 1. The maximum atomic E-state index is 8.78. The number of aliphatic hydroxyl groups is 1. The van der Waals surface area contributed by atoms with Gasteiger partial charge >= 0.3 is 0 Å². The van der Waals surface area contributed by atoms with Crippen LogP contribution in [0.15, 0.2) is 0 Å². The van der Waals surface area contributed by atoms with E-state index in [4.69, 9.17) is 10.8 Å². The molecular weight excluding hydrogens is 188 g/mol. The summed E-state index contributed by atoms with van der Waals surface area (Å²) in [5.74, 6) is 0. The van der Waals surface area contributed by atoms with Gasteiger partial charge in [0.25, 0.3) is 0 Å². The van der Waals surface area contributed by atoms with E-state index in [2.05, 4.69) is 5.32 Å². The van der Waals surface area contributed by atoms with Crippen LogP contribution in [0.3, 0.4) is 0 Å². The van der Waals surface area contributed by atoms with E-state index < -0.39 is 0 Å². The number of hydrogen-bond donors (Lipinski definition) is 3. The number of nitrogens with one attached hydrogen (secondary N) is 1. The molecule has 4 N–H and O–H groups in total. The van der Waals surface area contributed by atoms with E-state index in [0.717, 1.165) is 19.5 Å². The highest BCUT2D eigenvalue weighted by molar-refractivity contribution is 4.89. The van der Waals surface area contributed by atoms with Gasteiger partial charge in [0.15, 0.2) is 0 Å². The highest BCUT2D eigenvalue weighted by Crippen LogP contribution is 2.25. The molecule has 1 aliphatic rings. The van der Waals surface area contributed by atoms with Crippen molar-refractivity contribution in [1.29, 1.82) is 0 Å². The second-order valence-electron chi connectivity index (χ2n) is 4.76. The zero-order valence-corrected chi connectivity index (χ0v) is 9.80. The molecule has 0 aromatic carbocycles. The Kier molecular flexibility index (Phi) is 6.22. The van der Waals surface area contributed by atoms with Crippen LogP contribution in [-0.2, 0) is 0 Å². The molecule has 0 atom stereocenters. The Labute approximate surface area is 93.4 Å². The van der Waals surface area contributed by atoms with Crippen molar-refractivity contribution in [2.24, 2.45) is 5.73 Å². The second-order valence-corrected chi connectivity index (χ2v) is 4.76. The quantitative estimate of drug-likeness (QED) is 0.606. The smallest absolute Gasteiger partial charge is 0.0443 e. The molecule has 15 heavy (non-hydrogen) atoms. The summed E-state index contributed by atoms with van der Waals surface area (Å²) in [6.07, 6.45) is 9.92. The summed E-state index contributed by atoms with van der Waals surface area (Å²) in [6.45, 7) is 1.90. The minimum Gasteiger partial charge on any atom is -0.396 e. The summed E-state index contributed by atoms with van der Waals surface area (Å²) >= 11 is 0. The Morgan fingerprint density at radius 3 is 2.20 bits per heavy atom. The molecule has 0 spiro atoms. The van der Waals surface area contributed by atoms with Crippen LogP contribution < -0.4 is 11.1 Å². The summed E-state index contributed by atoms with van der Waals surface area (Å²) in [7, 11) is 0. The first-order chi connectivity index (χ1) is 7.33. The van der Waals surface area contributed by atoms with Crippen LogP contribution in [0.25, 0.3) is 0 Å². The number of nitrogens with two attached hydrogens (primary N) is 1. The molecule has 3 heteroatoms. The van der Waals surface area contributed by atoms with Crippen LogP contribution in [0, 0.1) is 0 Å². The molecule has 1 fully saturated rings. The Bertz CT molecular complexity index is 154. The van der Waals surface area contributed by atoms with E-state index in [0.29, 0.717) is 0 Å². The monoisotopic (exact) mass is 214 g/mol. The van der Waals surface area contributed by atoms with Crippen molar-refractivity contribution < 1.29 is 5.11 Å². The SMILES string of the molecule is NCC1(NCCCO)CCCCCCC1. The van der Waals surface area contributed by atoms with Gasteiger partial charge in [0, 0.05) is 18.7 Å². The fourth-order valence-electron chi connectivity index (χ4n) is 2.47. The van der Waals surface area contributed by atoms with Crippen molar-refractivity contribution in [2.45, 2.75) is 56.9 Å². The predicted molar refractivity (Wildman–Crippen MR) is 63.8 cm³/mol. The first kappa shape index (κ1) is 12.9. The molecule has 0 bridgehead atoms. The van der Waals surface area contributed by atoms with Gasteiger partial charge in [-0.2, -0.15) is 0 Å². The first-order valence-electron chi connectivity index (χ1n) is 6.39. The minimum atomic E-state index is 0.162. The first-order valence-corrected chi connectivity index (χ1v) is 6.39. The van der Waals surface area contributed by atoms with Gasteiger partial charge in [-0.25, -0.2) is 0 Å². The molecule has 0 unspecified atom stereocenters. The van der Waals surface area contributed by atoms with E-state index in [9.17, 15) is 0 Å². The summed E-state index contributed by atoms with van der Waals surface area (Å²) in [5.41, 5.74) is 6.08. The molecule has 0 amide bonds. The van der Waals surface area contributed by atoms with Crippen LogP contribution in [-0.4, -0.2) is 30.3 Å². The van der Waals surface area contributed by atoms with Gasteiger partial charge in [0.05, 0.1) is 0 Å². The summed E-state index contributed by atoms with van der Waals surface area (Å²) in [6, 6.07) is 0. The predicted octanol–water partition coefficient (Wildman–Crippen LogP) is 1.40. The average molecular weight is 214 g/mol. The normalized spacial score (nSPS) is 22.0. The lowest BCUT2D eigenvalue weighted by molar-refractivity contribution is 0.236. The van der Waals surface area contributed by atoms with Crippen molar-refractivity contribution in [3.05, 3.63) is 0 Å². The Morgan fingerprint density at radius 1 is 1.07 bits per heavy atom. The third-order valence-electron chi connectivity index (χ3n) is 3.54. The van der Waals surface area contributed by atoms with Gasteiger partial charge in [0.1, 0.15) is 0 Å². The lowest BCUT2D eigenvalue weighted by Gasteiger charge is -2.35. The van der Waals surface area contributed by atoms with Crippen molar-refractivity contribution in [1.82, 2.24) is 5.32 Å².